The van der Waals surface area contributed by atoms with Crippen molar-refractivity contribution in [2.24, 2.45) is 0 Å². The summed E-state index contributed by atoms with van der Waals surface area (Å²) in [6.07, 6.45) is -4.19. The van der Waals surface area contributed by atoms with Crippen molar-refractivity contribution in [3.05, 3.63) is 69.5 Å². The minimum atomic E-state index is -3.23. The molecule has 0 radical (unpaired) electrons. The van der Waals surface area contributed by atoms with E-state index in [1.807, 2.05) is 0 Å². The van der Waals surface area contributed by atoms with E-state index in [1.165, 1.54) is 22.9 Å². The molecule has 2 aromatic carbocycles. The first kappa shape index (κ1) is 26.4. The van der Waals surface area contributed by atoms with Crippen LogP contribution in [0.1, 0.15) is 12.7 Å². The van der Waals surface area contributed by atoms with Gasteiger partial charge >= 0.3 is 5.69 Å². The Morgan fingerprint density at radius 1 is 1.19 bits per heavy atom. The normalized spacial score (nSPS) is 12.4. The van der Waals surface area contributed by atoms with Crippen LogP contribution in [0.15, 0.2) is 41.3 Å². The molecule has 0 bridgehead atoms. The summed E-state index contributed by atoms with van der Waals surface area (Å²) in [4.78, 5) is 16.8. The number of benzene rings is 2. The maximum absolute atomic E-state index is 14.4. The molecule has 0 saturated carbocycles. The summed E-state index contributed by atoms with van der Waals surface area (Å²) in [5, 5.41) is 13.3. The summed E-state index contributed by atoms with van der Waals surface area (Å²) < 4.78 is 80.9. The van der Waals surface area contributed by atoms with Gasteiger partial charge in [0.1, 0.15) is 24.8 Å². The first-order valence-corrected chi connectivity index (χ1v) is 11.1. The number of aliphatic hydroxyl groups is 1. The van der Waals surface area contributed by atoms with E-state index in [1.54, 1.807) is 6.92 Å². The lowest BCUT2D eigenvalue weighted by Crippen LogP contribution is -2.28. The van der Waals surface area contributed by atoms with Crippen LogP contribution >= 0.6 is 11.6 Å². The first-order valence-electron chi connectivity index (χ1n) is 10.7. The molecule has 196 valence electrons. The molecule has 37 heavy (non-hydrogen) atoms. The second-order valence-electron chi connectivity index (χ2n) is 7.62. The zero-order valence-electron chi connectivity index (χ0n) is 19.0. The number of pyridine rings is 1. The lowest BCUT2D eigenvalue weighted by Gasteiger charge is -2.19. The van der Waals surface area contributed by atoms with Gasteiger partial charge < -0.3 is 14.6 Å². The molecule has 4 rings (SSSR count). The van der Waals surface area contributed by atoms with Crippen molar-refractivity contribution in [2.75, 3.05) is 6.67 Å². The highest BCUT2D eigenvalue weighted by Crippen LogP contribution is 2.40. The molecule has 2 heterocycles. The molecule has 8 nitrogen and oxygen atoms in total. The van der Waals surface area contributed by atoms with E-state index < -0.39 is 53.9 Å². The van der Waals surface area contributed by atoms with Crippen molar-refractivity contribution in [3.8, 4) is 23.1 Å². The second kappa shape index (κ2) is 10.7. The Morgan fingerprint density at radius 3 is 2.54 bits per heavy atom. The van der Waals surface area contributed by atoms with Gasteiger partial charge in [0.25, 0.3) is 6.43 Å². The van der Waals surface area contributed by atoms with Gasteiger partial charge in [-0.1, -0.05) is 11.6 Å². The number of hydrogen-bond acceptors (Lipinski definition) is 6. The highest BCUT2D eigenvalue weighted by molar-refractivity contribution is 6.32. The summed E-state index contributed by atoms with van der Waals surface area (Å²) in [5.41, 5.74) is -0.608. The molecule has 4 aromatic rings. The number of halogens is 6. The molecule has 1 N–H and O–H groups in total. The van der Waals surface area contributed by atoms with Crippen molar-refractivity contribution >= 4 is 22.4 Å². The number of hydrogen-bond donors (Lipinski definition) is 1. The van der Waals surface area contributed by atoms with Gasteiger partial charge in [0.2, 0.25) is 5.88 Å². The molecule has 0 aliphatic carbocycles. The molecule has 0 aliphatic heterocycles. The van der Waals surface area contributed by atoms with Crippen LogP contribution in [0.5, 0.6) is 17.4 Å². The third kappa shape index (κ3) is 5.09. The predicted molar refractivity (Wildman–Crippen MR) is 123 cm³/mol. The van der Waals surface area contributed by atoms with Gasteiger partial charge in [-0.3, -0.25) is 4.57 Å². The van der Waals surface area contributed by atoms with Crippen LogP contribution in [0.2, 0.25) is 5.02 Å². The fourth-order valence-electron chi connectivity index (χ4n) is 3.60. The number of rotatable bonds is 9. The Kier molecular flexibility index (Phi) is 7.64. The highest BCUT2D eigenvalue weighted by atomic mass is 35.5. The third-order valence-corrected chi connectivity index (χ3v) is 5.57. The summed E-state index contributed by atoms with van der Waals surface area (Å²) in [5.74, 6) is -3.44. The van der Waals surface area contributed by atoms with E-state index in [0.29, 0.717) is 6.07 Å². The molecular weight excluding hydrogens is 527 g/mol. The zero-order chi connectivity index (χ0) is 26.9. The van der Waals surface area contributed by atoms with Crippen molar-refractivity contribution in [1.82, 2.24) is 19.3 Å². The van der Waals surface area contributed by atoms with Gasteiger partial charge in [0.15, 0.2) is 23.5 Å². The fourth-order valence-corrected chi connectivity index (χ4v) is 3.83. The van der Waals surface area contributed by atoms with Gasteiger partial charge in [0, 0.05) is 24.9 Å². The molecule has 0 fully saturated rings. The Balaban J connectivity index is 1.95. The molecule has 2 aromatic heterocycles. The van der Waals surface area contributed by atoms with Gasteiger partial charge in [-0.25, -0.2) is 31.7 Å². The van der Waals surface area contributed by atoms with E-state index in [-0.39, 0.29) is 40.5 Å². The molecule has 1 atom stereocenters. The zero-order valence-corrected chi connectivity index (χ0v) is 19.7. The molecule has 0 amide bonds. The predicted octanol–water partition coefficient (Wildman–Crippen LogP) is 4.80. The molecule has 14 heteroatoms. The number of nitrogens with zero attached hydrogens (tertiary/aromatic N) is 4. The minimum Gasteiger partial charge on any atom is -0.481 e. The average molecular weight is 545 g/mol. The minimum absolute atomic E-state index is 0.0319. The van der Waals surface area contributed by atoms with Crippen molar-refractivity contribution in [3.63, 3.8) is 0 Å². The van der Waals surface area contributed by atoms with E-state index in [4.69, 9.17) is 21.1 Å². The van der Waals surface area contributed by atoms with E-state index in [0.717, 1.165) is 16.8 Å². The third-order valence-electron chi connectivity index (χ3n) is 5.29. The molecule has 1 unspecified atom stereocenters. The van der Waals surface area contributed by atoms with Crippen LogP contribution in [-0.4, -0.2) is 43.6 Å². The Labute approximate surface area is 210 Å². The Morgan fingerprint density at radius 2 is 1.95 bits per heavy atom. The average Bonchev–Trinajstić information content (AvgIpc) is 3.19. The number of alkyl halides is 3. The number of aliphatic hydroxyl groups excluding tert-OH is 1. The van der Waals surface area contributed by atoms with Gasteiger partial charge in [-0.2, -0.15) is 4.68 Å². The van der Waals surface area contributed by atoms with Crippen LogP contribution in [0.25, 0.3) is 16.5 Å². The fraction of sp³-hybridized carbons (Fsp3) is 0.261. The monoisotopic (exact) mass is 544 g/mol. The van der Waals surface area contributed by atoms with Gasteiger partial charge in [-0.05, 0) is 30.5 Å². The van der Waals surface area contributed by atoms with Crippen LogP contribution in [0, 0.1) is 11.6 Å². The Bertz CT molecular complexity index is 1490. The molecule has 0 aliphatic rings. The van der Waals surface area contributed by atoms with E-state index in [9.17, 15) is 31.9 Å². The van der Waals surface area contributed by atoms with Gasteiger partial charge in [0.05, 0.1) is 16.1 Å². The lowest BCUT2D eigenvalue weighted by atomic mass is 10.1. The summed E-state index contributed by atoms with van der Waals surface area (Å²) >= 11 is 5.91. The quantitative estimate of drug-likeness (QED) is 0.304. The largest absolute Gasteiger partial charge is 0.481 e. The molecular formula is C23H18ClF5N4O4. The van der Waals surface area contributed by atoms with Crippen LogP contribution in [0.3, 0.4) is 0 Å². The number of aromatic nitrogens is 4. The molecule has 0 saturated heterocycles. The maximum Gasteiger partial charge on any atom is 0.350 e. The van der Waals surface area contributed by atoms with Crippen LogP contribution in [-0.2, 0) is 13.2 Å². The van der Waals surface area contributed by atoms with Gasteiger partial charge in [-0.15, -0.1) is 5.10 Å². The number of ether oxygens (including phenoxy) is 2. The highest BCUT2D eigenvalue weighted by Gasteiger charge is 2.26. The smallest absolute Gasteiger partial charge is 0.350 e. The van der Waals surface area contributed by atoms with Crippen molar-refractivity contribution in [1.29, 1.82) is 0 Å². The number of fused-ring (bicyclic) bond motifs is 1. The molecule has 0 spiro atoms. The summed E-state index contributed by atoms with van der Waals surface area (Å²) in [6, 6.07) is 5.25. The van der Waals surface area contributed by atoms with Crippen molar-refractivity contribution < 1.29 is 36.5 Å². The standard InChI is InChI=1S/C23H18ClF5N4O4/c1-2-32-18(10-34)31-33(23(32)35)13-5-11-3-4-30-22(37-20-14(24)6-12(26)7-15(20)27)19(11)16(8-13)36-17(9-25)21(28)29/h3-8,17,21,34H,2,9-10H2,1H3. The van der Waals surface area contributed by atoms with Crippen LogP contribution in [0.4, 0.5) is 22.0 Å². The maximum atomic E-state index is 14.4. The SMILES string of the molecule is CCn1c(CO)nn(-c2cc(OC(CF)C(F)F)c3c(Oc4c(F)cc(F)cc4Cl)nccc3c2)c1=O. The summed E-state index contributed by atoms with van der Waals surface area (Å²) in [7, 11) is 0. The lowest BCUT2D eigenvalue weighted by molar-refractivity contribution is -0.000431. The topological polar surface area (TPSA) is 91.4 Å². The van der Waals surface area contributed by atoms with Crippen molar-refractivity contribution in [2.45, 2.75) is 32.6 Å². The second-order valence-corrected chi connectivity index (χ2v) is 8.02. The van der Waals surface area contributed by atoms with E-state index >= 15 is 0 Å². The first-order chi connectivity index (χ1) is 17.7. The van der Waals surface area contributed by atoms with Crippen LogP contribution < -0.4 is 15.2 Å². The van der Waals surface area contributed by atoms with E-state index in [2.05, 4.69) is 10.1 Å². The Hall–Kier alpha value is -3.71. The summed E-state index contributed by atoms with van der Waals surface area (Å²) in [6.45, 7) is -0.260.